The van der Waals surface area contributed by atoms with E-state index in [2.05, 4.69) is 15.3 Å². The summed E-state index contributed by atoms with van der Waals surface area (Å²) in [7, 11) is 1.20. The van der Waals surface area contributed by atoms with Gasteiger partial charge in [-0.2, -0.15) is 5.10 Å². The summed E-state index contributed by atoms with van der Waals surface area (Å²) >= 11 is 0. The first-order valence-electron chi connectivity index (χ1n) is 5.65. The normalized spacial score (nSPS) is 32.9. The zero-order valence-electron chi connectivity index (χ0n) is 10.2. The van der Waals surface area contributed by atoms with E-state index in [1.165, 1.54) is 13.3 Å². The number of hydrogen-bond acceptors (Lipinski definition) is 5. The Labute approximate surface area is 109 Å². The van der Waals surface area contributed by atoms with Crippen LogP contribution in [0.15, 0.2) is 41.3 Å². The molecule has 1 aliphatic heterocycles. The second kappa shape index (κ2) is 5.76. The lowest BCUT2D eigenvalue weighted by atomic mass is 10.0. The molecule has 8 heteroatoms. The van der Waals surface area contributed by atoms with Crippen molar-refractivity contribution in [2.45, 2.75) is 12.1 Å². The minimum absolute atomic E-state index is 0.148. The zero-order chi connectivity index (χ0) is 13.8. The average molecular weight is 266 g/mol. The van der Waals surface area contributed by atoms with E-state index in [1.807, 2.05) is 0 Å². The Bertz CT molecular complexity index is 471. The smallest absolute Gasteiger partial charge is 0.427 e. The molecule has 3 N–H and O–H groups in total. The average Bonchev–Trinajstić information content (AvgIpc) is 2.44. The summed E-state index contributed by atoms with van der Waals surface area (Å²) in [6.07, 6.45) is 8.54. The van der Waals surface area contributed by atoms with Crippen LogP contribution >= 0.6 is 0 Å². The predicted octanol–water partition coefficient (Wildman–Crippen LogP) is -2.19. The molecular formula is C11H14N4O4. The van der Waals surface area contributed by atoms with Crippen molar-refractivity contribution >= 4 is 12.3 Å². The fourth-order valence-corrected chi connectivity index (χ4v) is 1.94. The van der Waals surface area contributed by atoms with Gasteiger partial charge in [0.05, 0.1) is 7.11 Å². The lowest BCUT2D eigenvalue weighted by Crippen LogP contribution is -3.24. The molecular weight excluding hydrogens is 252 g/mol. The lowest BCUT2D eigenvalue weighted by Gasteiger charge is -2.41. The third-order valence-electron chi connectivity index (χ3n) is 2.89. The molecule has 0 bridgehead atoms. The maximum Gasteiger partial charge on any atom is 0.427 e. The fourth-order valence-electron chi connectivity index (χ4n) is 1.94. The van der Waals surface area contributed by atoms with Crippen LogP contribution in [-0.2, 0) is 4.74 Å². The number of hydrogen-bond donors (Lipinski definition) is 3. The molecule has 0 saturated carbocycles. The number of hydroxylamine groups is 4. The Morgan fingerprint density at radius 3 is 2.79 bits per heavy atom. The van der Waals surface area contributed by atoms with Gasteiger partial charge in [0.1, 0.15) is 6.21 Å². The van der Waals surface area contributed by atoms with Gasteiger partial charge >= 0.3 is 6.09 Å². The van der Waals surface area contributed by atoms with Gasteiger partial charge in [0.2, 0.25) is 5.70 Å². The molecule has 1 heterocycles. The number of rotatable bonds is 2. The number of quaternary nitrogens is 2. The number of amides is 1. The van der Waals surface area contributed by atoms with Crippen molar-refractivity contribution in [3.8, 4) is 0 Å². The van der Waals surface area contributed by atoms with Crippen LogP contribution in [-0.4, -0.2) is 31.5 Å². The number of allylic oxidation sites excluding steroid dienone is 3. The molecule has 0 aromatic rings. The number of nitrogens with zero attached hydrogens (tertiary/aromatic N) is 1. The van der Waals surface area contributed by atoms with Crippen LogP contribution in [0.1, 0.15) is 0 Å². The SMILES string of the molecule is COC(=O)NN=CC1=C[NH+]([O-])C2C=CC=CC2[NH+]1[O-]. The molecule has 0 fully saturated rings. The van der Waals surface area contributed by atoms with Crippen molar-refractivity contribution in [1.82, 2.24) is 5.43 Å². The van der Waals surface area contributed by atoms with Crippen LogP contribution in [0, 0.1) is 10.4 Å². The number of nitrogens with one attached hydrogen (secondary N) is 3. The van der Waals surface area contributed by atoms with Gasteiger partial charge in [0.25, 0.3) is 0 Å². The van der Waals surface area contributed by atoms with E-state index in [0.29, 0.717) is 0 Å². The number of ether oxygens (including phenoxy) is 1. The molecule has 8 nitrogen and oxygen atoms in total. The van der Waals surface area contributed by atoms with Crippen molar-refractivity contribution in [1.29, 1.82) is 0 Å². The molecule has 0 aromatic heterocycles. The molecule has 2 rings (SSSR count). The zero-order valence-corrected chi connectivity index (χ0v) is 10.2. The van der Waals surface area contributed by atoms with Crippen LogP contribution in [0.3, 0.4) is 0 Å². The van der Waals surface area contributed by atoms with Gasteiger partial charge in [-0.25, -0.2) is 10.2 Å². The molecule has 1 aliphatic carbocycles. The van der Waals surface area contributed by atoms with E-state index in [4.69, 9.17) is 0 Å². The van der Waals surface area contributed by atoms with Crippen LogP contribution in [0.5, 0.6) is 0 Å². The first-order valence-corrected chi connectivity index (χ1v) is 5.65. The van der Waals surface area contributed by atoms with Crippen molar-refractivity contribution in [2.24, 2.45) is 5.10 Å². The third-order valence-corrected chi connectivity index (χ3v) is 2.89. The van der Waals surface area contributed by atoms with Crippen LogP contribution in [0.4, 0.5) is 4.79 Å². The largest absolute Gasteiger partial charge is 0.629 e. The summed E-state index contributed by atoms with van der Waals surface area (Å²) in [5, 5.41) is 27.2. The Balaban J connectivity index is 2.10. The fraction of sp³-hybridized carbons (Fsp3) is 0.273. The highest BCUT2D eigenvalue weighted by molar-refractivity contribution is 5.77. The minimum Gasteiger partial charge on any atom is -0.629 e. The van der Waals surface area contributed by atoms with E-state index in [0.717, 1.165) is 6.21 Å². The Morgan fingerprint density at radius 2 is 2.11 bits per heavy atom. The number of hydrazone groups is 1. The molecule has 2 aliphatic rings. The predicted molar refractivity (Wildman–Crippen MR) is 66.6 cm³/mol. The van der Waals surface area contributed by atoms with Crippen molar-refractivity contribution in [3.05, 3.63) is 46.6 Å². The number of methoxy groups -OCH3 is 1. The Morgan fingerprint density at radius 1 is 1.42 bits per heavy atom. The Hall–Kier alpha value is -2.00. The lowest BCUT2D eigenvalue weighted by molar-refractivity contribution is -0.921. The maximum atomic E-state index is 12.1. The second-order valence-corrected chi connectivity index (χ2v) is 4.05. The van der Waals surface area contributed by atoms with E-state index in [9.17, 15) is 15.2 Å². The molecule has 19 heavy (non-hydrogen) atoms. The molecule has 1 amide bonds. The van der Waals surface area contributed by atoms with Crippen LogP contribution in [0.2, 0.25) is 0 Å². The second-order valence-electron chi connectivity index (χ2n) is 4.05. The Kier molecular flexibility index (Phi) is 4.07. The van der Waals surface area contributed by atoms with Gasteiger partial charge in [-0.15, -0.1) is 0 Å². The molecule has 4 unspecified atom stereocenters. The summed E-state index contributed by atoms with van der Waals surface area (Å²) in [6, 6.07) is -0.912. The molecule has 0 spiro atoms. The first kappa shape index (κ1) is 13.4. The van der Waals surface area contributed by atoms with E-state index >= 15 is 0 Å². The van der Waals surface area contributed by atoms with Gasteiger partial charge in [-0.05, 0) is 12.2 Å². The number of carbonyl (C=O) groups excluding carboxylic acids is 1. The summed E-state index contributed by atoms with van der Waals surface area (Å²) in [5.74, 6) is 0. The van der Waals surface area contributed by atoms with E-state index < -0.39 is 18.2 Å². The van der Waals surface area contributed by atoms with E-state index in [-0.39, 0.29) is 15.8 Å². The monoisotopic (exact) mass is 266 g/mol. The van der Waals surface area contributed by atoms with Crippen LogP contribution < -0.4 is 15.6 Å². The standard InChI is InChI=1S/C11H14N4O4/c1-19-11(16)13-12-6-8-7-14(17)9-4-2-3-5-10(9)15(8)18/h2-7,9-10,14-15H,1H3,(H,13,16). The molecule has 0 aromatic carbocycles. The minimum atomic E-state index is -0.746. The topological polar surface area (TPSA) is 106 Å². The molecule has 0 saturated heterocycles. The van der Waals surface area contributed by atoms with Gasteiger partial charge in [0.15, 0.2) is 18.3 Å². The highest BCUT2D eigenvalue weighted by Gasteiger charge is 2.35. The van der Waals surface area contributed by atoms with Crippen molar-refractivity contribution in [2.75, 3.05) is 7.11 Å². The van der Waals surface area contributed by atoms with Gasteiger partial charge in [-0.1, -0.05) is 12.2 Å². The quantitative estimate of drug-likeness (QED) is 0.300. The van der Waals surface area contributed by atoms with E-state index in [1.54, 1.807) is 24.3 Å². The number of carbonyl (C=O) groups is 1. The van der Waals surface area contributed by atoms with Gasteiger partial charge in [-0.3, -0.25) is 0 Å². The van der Waals surface area contributed by atoms with Crippen molar-refractivity contribution in [3.63, 3.8) is 0 Å². The summed E-state index contributed by atoms with van der Waals surface area (Å²) in [4.78, 5) is 10.8. The summed E-state index contributed by atoms with van der Waals surface area (Å²) in [6.45, 7) is 0. The van der Waals surface area contributed by atoms with Gasteiger partial charge in [0, 0.05) is 0 Å². The van der Waals surface area contributed by atoms with Crippen LogP contribution in [0.25, 0.3) is 0 Å². The summed E-state index contributed by atoms with van der Waals surface area (Å²) in [5.41, 5.74) is 2.23. The first-order chi connectivity index (χ1) is 9.13. The van der Waals surface area contributed by atoms with Crippen molar-refractivity contribution < 1.29 is 19.7 Å². The van der Waals surface area contributed by atoms with Gasteiger partial charge < -0.3 is 25.3 Å². The summed E-state index contributed by atoms with van der Waals surface area (Å²) < 4.78 is 4.32. The number of fused-ring (bicyclic) bond motifs is 1. The maximum absolute atomic E-state index is 12.1. The highest BCUT2D eigenvalue weighted by Crippen LogP contribution is 2.02. The molecule has 102 valence electrons. The molecule has 4 atom stereocenters. The third kappa shape index (κ3) is 2.88. The molecule has 0 radical (unpaired) electrons. The highest BCUT2D eigenvalue weighted by atomic mass is 16.5.